The fraction of sp³-hybridized carbons (Fsp3) is 0.348. The number of rotatable bonds is 4. The zero-order valence-electron chi connectivity index (χ0n) is 17.2. The van der Waals surface area contributed by atoms with Gasteiger partial charge in [-0.05, 0) is 61.9 Å². The zero-order chi connectivity index (χ0) is 21.3. The van der Waals surface area contributed by atoms with Crippen LogP contribution in [0.2, 0.25) is 0 Å². The van der Waals surface area contributed by atoms with Crippen molar-refractivity contribution in [3.8, 4) is 5.69 Å². The number of nitrogens with one attached hydrogen (secondary N) is 1. The minimum atomic E-state index is -0.358. The number of amides is 1. The van der Waals surface area contributed by atoms with Crippen LogP contribution < -0.4 is 5.69 Å². The van der Waals surface area contributed by atoms with E-state index in [0.29, 0.717) is 42.4 Å². The number of carbonyl (C=O) groups excluding carboxylic acids is 1. The van der Waals surface area contributed by atoms with Crippen LogP contribution in [-0.4, -0.2) is 38.7 Å². The molecule has 0 unspecified atom stereocenters. The lowest BCUT2D eigenvalue weighted by molar-refractivity contribution is 0.0689. The lowest BCUT2D eigenvalue weighted by Gasteiger charge is -2.32. The van der Waals surface area contributed by atoms with Gasteiger partial charge in [0.2, 0.25) is 0 Å². The van der Waals surface area contributed by atoms with Crippen molar-refractivity contribution in [1.82, 2.24) is 19.7 Å². The summed E-state index contributed by atoms with van der Waals surface area (Å²) in [7, 11) is 0. The van der Waals surface area contributed by atoms with Crippen LogP contribution in [-0.2, 0) is 6.42 Å². The van der Waals surface area contributed by atoms with E-state index in [4.69, 9.17) is 0 Å². The van der Waals surface area contributed by atoms with Crippen molar-refractivity contribution in [2.45, 2.75) is 33.1 Å². The smallest absolute Gasteiger partial charge is 0.339 e. The van der Waals surface area contributed by atoms with E-state index in [9.17, 15) is 14.0 Å². The van der Waals surface area contributed by atoms with Crippen LogP contribution in [0.15, 0.2) is 47.3 Å². The molecule has 0 spiro atoms. The molecule has 1 aliphatic rings. The van der Waals surface area contributed by atoms with Crippen LogP contribution in [0.1, 0.15) is 40.2 Å². The highest BCUT2D eigenvalue weighted by Gasteiger charge is 2.26. The number of likely N-dealkylation sites (tertiary alicyclic amines) is 1. The van der Waals surface area contributed by atoms with Gasteiger partial charge in [0.1, 0.15) is 11.6 Å². The minimum absolute atomic E-state index is 0.135. The summed E-state index contributed by atoms with van der Waals surface area (Å²) in [5, 5.41) is 6.82. The second-order valence-electron chi connectivity index (χ2n) is 7.97. The van der Waals surface area contributed by atoms with Gasteiger partial charge in [0.05, 0.1) is 5.69 Å². The number of para-hydroxylation sites is 1. The Morgan fingerprint density at radius 1 is 1.13 bits per heavy atom. The molecule has 0 bridgehead atoms. The van der Waals surface area contributed by atoms with E-state index in [1.54, 1.807) is 28.5 Å². The fourth-order valence-electron chi connectivity index (χ4n) is 4.04. The van der Waals surface area contributed by atoms with Crippen LogP contribution >= 0.6 is 0 Å². The van der Waals surface area contributed by atoms with E-state index in [-0.39, 0.29) is 17.4 Å². The van der Waals surface area contributed by atoms with Gasteiger partial charge in [-0.2, -0.15) is 5.10 Å². The van der Waals surface area contributed by atoms with Crippen molar-refractivity contribution in [3.63, 3.8) is 0 Å². The van der Waals surface area contributed by atoms with Gasteiger partial charge in [0, 0.05) is 25.1 Å². The first-order valence-electron chi connectivity index (χ1n) is 10.2. The highest BCUT2D eigenvalue weighted by molar-refractivity contribution is 5.94. The van der Waals surface area contributed by atoms with E-state index in [2.05, 4.69) is 10.2 Å². The molecular weight excluding hydrogens is 383 g/mol. The molecule has 1 N–H and O–H groups in total. The largest absolute Gasteiger partial charge is 0.347 e. The lowest BCUT2D eigenvalue weighted by atomic mass is 9.92. The summed E-state index contributed by atoms with van der Waals surface area (Å²) in [6, 6.07) is 12.4. The number of aromatic nitrogens is 3. The quantitative estimate of drug-likeness (QED) is 0.719. The average Bonchev–Trinajstić information content (AvgIpc) is 3.10. The first-order chi connectivity index (χ1) is 14.4. The third kappa shape index (κ3) is 3.92. The Labute approximate surface area is 174 Å². The molecule has 1 aromatic heterocycles. The van der Waals surface area contributed by atoms with Crippen LogP contribution in [0.3, 0.4) is 0 Å². The second kappa shape index (κ2) is 8.26. The highest BCUT2D eigenvalue weighted by Crippen LogP contribution is 2.24. The van der Waals surface area contributed by atoms with Gasteiger partial charge in [-0.25, -0.2) is 18.9 Å². The first kappa shape index (κ1) is 20.1. The summed E-state index contributed by atoms with van der Waals surface area (Å²) in [6.45, 7) is 4.87. The first-order valence-corrected chi connectivity index (χ1v) is 10.2. The molecule has 30 heavy (non-hydrogen) atoms. The second-order valence-corrected chi connectivity index (χ2v) is 7.97. The van der Waals surface area contributed by atoms with Crippen LogP contribution in [0.5, 0.6) is 0 Å². The maximum Gasteiger partial charge on any atom is 0.347 e. The van der Waals surface area contributed by atoms with Gasteiger partial charge in [-0.1, -0.05) is 24.3 Å². The number of halogens is 1. The molecule has 0 radical (unpaired) electrons. The standard InChI is InChI=1S/C23H25FN4O2/c1-15-7-8-18(14-19(15)24)22(29)27-11-9-17(10-12-27)13-21-25-26-23(30)28(21)20-6-4-3-5-16(20)2/h3-8,14,17H,9-13H2,1-2H3,(H,26,30). The maximum atomic E-state index is 13.8. The minimum Gasteiger partial charge on any atom is -0.339 e. The van der Waals surface area contributed by atoms with Gasteiger partial charge in [-0.15, -0.1) is 0 Å². The molecule has 1 saturated heterocycles. The number of piperidine rings is 1. The Balaban J connectivity index is 1.44. The number of H-pyrrole nitrogens is 1. The van der Waals surface area contributed by atoms with Crippen molar-refractivity contribution < 1.29 is 9.18 Å². The highest BCUT2D eigenvalue weighted by atomic mass is 19.1. The van der Waals surface area contributed by atoms with E-state index in [1.165, 1.54) is 6.07 Å². The summed E-state index contributed by atoms with van der Waals surface area (Å²) in [5.41, 5.74) is 2.52. The number of hydrogen-bond acceptors (Lipinski definition) is 3. The third-order valence-electron chi connectivity index (χ3n) is 5.89. The maximum absolute atomic E-state index is 13.8. The number of carbonyl (C=O) groups is 1. The van der Waals surface area contributed by atoms with Crippen molar-refractivity contribution in [2.24, 2.45) is 5.92 Å². The van der Waals surface area contributed by atoms with Crippen LogP contribution in [0.4, 0.5) is 4.39 Å². The summed E-state index contributed by atoms with van der Waals surface area (Å²) < 4.78 is 15.5. The Morgan fingerprint density at radius 3 is 2.57 bits per heavy atom. The number of aromatic amines is 1. The SMILES string of the molecule is Cc1ccc(C(=O)N2CCC(Cc3n[nH]c(=O)n3-c3ccccc3C)CC2)cc1F. The van der Waals surface area contributed by atoms with Gasteiger partial charge in [0.15, 0.2) is 0 Å². The summed E-state index contributed by atoms with van der Waals surface area (Å²) in [5.74, 6) is 0.536. The predicted molar refractivity (Wildman–Crippen MR) is 112 cm³/mol. The summed E-state index contributed by atoms with van der Waals surface area (Å²) >= 11 is 0. The lowest BCUT2D eigenvalue weighted by Crippen LogP contribution is -2.39. The molecule has 156 valence electrons. The molecule has 0 saturated carbocycles. The van der Waals surface area contributed by atoms with Gasteiger partial charge in [-0.3, -0.25) is 4.79 Å². The molecule has 4 rings (SSSR count). The van der Waals surface area contributed by atoms with Gasteiger partial charge >= 0.3 is 5.69 Å². The number of benzene rings is 2. The summed E-state index contributed by atoms with van der Waals surface area (Å²) in [4.78, 5) is 26.8. The number of aryl methyl sites for hydroxylation is 2. The normalized spacial score (nSPS) is 14.8. The summed E-state index contributed by atoms with van der Waals surface area (Å²) in [6.07, 6.45) is 2.29. The van der Waals surface area contributed by atoms with E-state index in [1.807, 2.05) is 31.2 Å². The molecular formula is C23H25FN4O2. The van der Waals surface area contributed by atoms with Crippen molar-refractivity contribution >= 4 is 5.91 Å². The Bertz CT molecular complexity index is 1130. The predicted octanol–water partition coefficient (Wildman–Crippen LogP) is 3.41. The molecule has 2 aromatic carbocycles. The van der Waals surface area contributed by atoms with Crippen LogP contribution in [0.25, 0.3) is 5.69 Å². The average molecular weight is 408 g/mol. The molecule has 1 fully saturated rings. The Morgan fingerprint density at radius 2 is 1.87 bits per heavy atom. The number of nitrogens with zero attached hydrogens (tertiary/aromatic N) is 3. The monoisotopic (exact) mass is 408 g/mol. The van der Waals surface area contributed by atoms with Crippen molar-refractivity contribution in [2.75, 3.05) is 13.1 Å². The zero-order valence-corrected chi connectivity index (χ0v) is 17.2. The van der Waals surface area contributed by atoms with Crippen LogP contribution in [0, 0.1) is 25.6 Å². The molecule has 2 heterocycles. The van der Waals surface area contributed by atoms with Gasteiger partial charge < -0.3 is 4.90 Å². The van der Waals surface area contributed by atoms with E-state index < -0.39 is 0 Å². The number of hydrogen-bond donors (Lipinski definition) is 1. The molecule has 1 amide bonds. The topological polar surface area (TPSA) is 71.0 Å². The molecule has 1 aliphatic heterocycles. The third-order valence-corrected chi connectivity index (χ3v) is 5.89. The fourth-order valence-corrected chi connectivity index (χ4v) is 4.04. The molecule has 0 atom stereocenters. The van der Waals surface area contributed by atoms with Gasteiger partial charge in [0.25, 0.3) is 5.91 Å². The molecule has 0 aliphatic carbocycles. The Hall–Kier alpha value is -3.22. The molecule has 3 aromatic rings. The Kier molecular flexibility index (Phi) is 5.53. The van der Waals surface area contributed by atoms with E-state index in [0.717, 1.165) is 24.1 Å². The van der Waals surface area contributed by atoms with E-state index >= 15 is 0 Å². The van der Waals surface area contributed by atoms with Crippen molar-refractivity contribution in [3.05, 3.63) is 81.3 Å². The molecule has 7 heteroatoms. The molecule has 6 nitrogen and oxygen atoms in total. The van der Waals surface area contributed by atoms with Crippen molar-refractivity contribution in [1.29, 1.82) is 0 Å².